The summed E-state index contributed by atoms with van der Waals surface area (Å²) in [6, 6.07) is 9.51. The third-order valence-corrected chi connectivity index (χ3v) is 3.45. The van der Waals surface area contributed by atoms with Crippen LogP contribution in [0.4, 0.5) is 0 Å². The van der Waals surface area contributed by atoms with Crippen LogP contribution < -0.4 is 5.32 Å². The summed E-state index contributed by atoms with van der Waals surface area (Å²) >= 11 is 0. The van der Waals surface area contributed by atoms with Gasteiger partial charge in [-0.3, -0.25) is 9.59 Å². The van der Waals surface area contributed by atoms with Gasteiger partial charge in [0.2, 0.25) is 5.91 Å². The van der Waals surface area contributed by atoms with Crippen molar-refractivity contribution in [3.63, 3.8) is 0 Å². The first-order valence-electron chi connectivity index (χ1n) is 8.17. The molecule has 6 nitrogen and oxygen atoms in total. The maximum atomic E-state index is 11.9. The number of amides is 1. The van der Waals surface area contributed by atoms with Gasteiger partial charge in [-0.1, -0.05) is 37.3 Å². The van der Waals surface area contributed by atoms with E-state index >= 15 is 0 Å². The molecule has 134 valence electrons. The number of ether oxygens (including phenoxy) is 3. The molecule has 1 amide bonds. The molecular formula is C18H27NO5. The minimum atomic E-state index is -0.290. The molecule has 1 rings (SSSR count). The first-order valence-corrected chi connectivity index (χ1v) is 8.17. The smallest absolute Gasteiger partial charge is 0.306 e. The van der Waals surface area contributed by atoms with E-state index in [4.69, 9.17) is 14.2 Å². The number of nitrogens with one attached hydrogen (secondary N) is 1. The third kappa shape index (κ3) is 9.27. The highest BCUT2D eigenvalue weighted by atomic mass is 16.5. The Morgan fingerprint density at radius 3 is 2.58 bits per heavy atom. The second-order valence-corrected chi connectivity index (χ2v) is 5.48. The number of carbonyl (C=O) groups is 2. The molecule has 0 aliphatic carbocycles. The summed E-state index contributed by atoms with van der Waals surface area (Å²) in [6.45, 7) is 4.00. The molecule has 6 heteroatoms. The van der Waals surface area contributed by atoms with Crippen LogP contribution in [0.1, 0.15) is 25.3 Å². The topological polar surface area (TPSA) is 73.9 Å². The fourth-order valence-corrected chi connectivity index (χ4v) is 1.94. The summed E-state index contributed by atoms with van der Waals surface area (Å²) < 4.78 is 15.3. The highest BCUT2D eigenvalue weighted by Gasteiger charge is 2.14. The second-order valence-electron chi connectivity index (χ2n) is 5.48. The molecule has 0 bridgehead atoms. The van der Waals surface area contributed by atoms with Gasteiger partial charge in [-0.15, -0.1) is 0 Å². The molecule has 0 unspecified atom stereocenters. The SMILES string of the molecule is COCCOCCNC(=O)[C@H](C)CCC(=O)OCc1ccccc1. The molecule has 0 aromatic heterocycles. The van der Waals surface area contributed by atoms with Crippen molar-refractivity contribution in [2.75, 3.05) is 33.5 Å². The minimum Gasteiger partial charge on any atom is -0.461 e. The zero-order valence-corrected chi connectivity index (χ0v) is 14.5. The lowest BCUT2D eigenvalue weighted by Crippen LogP contribution is -2.32. The van der Waals surface area contributed by atoms with E-state index in [-0.39, 0.29) is 30.8 Å². The van der Waals surface area contributed by atoms with Crippen molar-refractivity contribution in [3.05, 3.63) is 35.9 Å². The van der Waals surface area contributed by atoms with Crippen LogP contribution in [0.15, 0.2) is 30.3 Å². The molecule has 1 N–H and O–H groups in total. The fraction of sp³-hybridized carbons (Fsp3) is 0.556. The lowest BCUT2D eigenvalue weighted by atomic mass is 10.1. The van der Waals surface area contributed by atoms with Crippen molar-refractivity contribution in [3.8, 4) is 0 Å². The van der Waals surface area contributed by atoms with Gasteiger partial charge in [0.1, 0.15) is 6.61 Å². The number of methoxy groups -OCH3 is 1. The summed E-state index contributed by atoms with van der Waals surface area (Å²) in [4.78, 5) is 23.6. The molecular weight excluding hydrogens is 310 g/mol. The van der Waals surface area contributed by atoms with Gasteiger partial charge < -0.3 is 19.5 Å². The Labute approximate surface area is 143 Å². The Bertz CT molecular complexity index is 478. The van der Waals surface area contributed by atoms with E-state index in [9.17, 15) is 9.59 Å². The van der Waals surface area contributed by atoms with Gasteiger partial charge in [0.25, 0.3) is 0 Å². The summed E-state index contributed by atoms with van der Waals surface area (Å²) in [5.41, 5.74) is 0.949. The first-order chi connectivity index (χ1) is 11.6. The van der Waals surface area contributed by atoms with Gasteiger partial charge in [-0.2, -0.15) is 0 Å². The fourth-order valence-electron chi connectivity index (χ4n) is 1.94. The maximum absolute atomic E-state index is 11.9. The van der Waals surface area contributed by atoms with Crippen LogP contribution in [0.5, 0.6) is 0 Å². The van der Waals surface area contributed by atoms with Crippen LogP contribution in [0.3, 0.4) is 0 Å². The molecule has 1 aromatic rings. The number of hydrogen-bond acceptors (Lipinski definition) is 5. The van der Waals surface area contributed by atoms with Crippen molar-refractivity contribution in [2.45, 2.75) is 26.4 Å². The highest BCUT2D eigenvalue weighted by molar-refractivity contribution is 5.79. The lowest BCUT2D eigenvalue weighted by molar-refractivity contribution is -0.145. The van der Waals surface area contributed by atoms with Crippen LogP contribution in [-0.4, -0.2) is 45.4 Å². The Kier molecular flexibility index (Phi) is 10.5. The average Bonchev–Trinajstić information content (AvgIpc) is 2.61. The third-order valence-electron chi connectivity index (χ3n) is 3.45. The monoisotopic (exact) mass is 337 g/mol. The predicted molar refractivity (Wildman–Crippen MR) is 90.3 cm³/mol. The number of benzene rings is 1. The summed E-state index contributed by atoms with van der Waals surface area (Å²) in [6.07, 6.45) is 0.690. The number of carbonyl (C=O) groups excluding carboxylic acids is 2. The summed E-state index contributed by atoms with van der Waals surface area (Å²) in [5, 5.41) is 2.78. The zero-order valence-electron chi connectivity index (χ0n) is 14.5. The second kappa shape index (κ2) is 12.5. The van der Waals surface area contributed by atoms with Crippen LogP contribution in [0, 0.1) is 5.92 Å². The van der Waals surface area contributed by atoms with Crippen LogP contribution in [-0.2, 0) is 30.4 Å². The van der Waals surface area contributed by atoms with Gasteiger partial charge in [0.15, 0.2) is 0 Å². The molecule has 0 heterocycles. The van der Waals surface area contributed by atoms with Crippen LogP contribution >= 0.6 is 0 Å². The van der Waals surface area contributed by atoms with E-state index in [0.717, 1.165) is 5.56 Å². The quantitative estimate of drug-likeness (QED) is 0.466. The molecule has 1 atom stereocenters. The van der Waals surface area contributed by atoms with Crippen molar-refractivity contribution in [1.29, 1.82) is 0 Å². The number of esters is 1. The molecule has 0 aliphatic heterocycles. The average molecular weight is 337 g/mol. The number of hydrogen-bond donors (Lipinski definition) is 1. The van der Waals surface area contributed by atoms with E-state index in [2.05, 4.69) is 5.32 Å². The normalized spacial score (nSPS) is 11.8. The van der Waals surface area contributed by atoms with Gasteiger partial charge >= 0.3 is 5.97 Å². The van der Waals surface area contributed by atoms with E-state index in [1.165, 1.54) is 0 Å². The van der Waals surface area contributed by atoms with Crippen molar-refractivity contribution < 1.29 is 23.8 Å². The summed E-state index contributed by atoms with van der Waals surface area (Å²) in [7, 11) is 1.61. The number of rotatable bonds is 12. The van der Waals surface area contributed by atoms with E-state index in [1.807, 2.05) is 30.3 Å². The highest BCUT2D eigenvalue weighted by Crippen LogP contribution is 2.08. The molecule has 0 aliphatic rings. The maximum Gasteiger partial charge on any atom is 0.306 e. The lowest BCUT2D eigenvalue weighted by Gasteiger charge is -2.12. The first kappa shape index (κ1) is 20.1. The largest absolute Gasteiger partial charge is 0.461 e. The molecule has 0 spiro atoms. The Balaban J connectivity index is 2.09. The van der Waals surface area contributed by atoms with E-state index < -0.39 is 0 Å². The van der Waals surface area contributed by atoms with Crippen molar-refractivity contribution >= 4 is 11.9 Å². The van der Waals surface area contributed by atoms with Crippen LogP contribution in [0.2, 0.25) is 0 Å². The van der Waals surface area contributed by atoms with E-state index in [0.29, 0.717) is 32.8 Å². The predicted octanol–water partition coefficient (Wildman–Crippen LogP) is 1.93. The Morgan fingerprint density at radius 2 is 1.88 bits per heavy atom. The Morgan fingerprint density at radius 1 is 1.12 bits per heavy atom. The molecule has 1 aromatic carbocycles. The minimum absolute atomic E-state index is 0.0822. The summed E-state index contributed by atoms with van der Waals surface area (Å²) in [5.74, 6) is -0.615. The van der Waals surface area contributed by atoms with Gasteiger partial charge in [-0.05, 0) is 12.0 Å². The molecule has 0 radical (unpaired) electrons. The molecule has 0 saturated carbocycles. The van der Waals surface area contributed by atoms with Crippen molar-refractivity contribution in [2.24, 2.45) is 5.92 Å². The van der Waals surface area contributed by atoms with Gasteiger partial charge in [-0.25, -0.2) is 0 Å². The molecule has 24 heavy (non-hydrogen) atoms. The van der Waals surface area contributed by atoms with Crippen molar-refractivity contribution in [1.82, 2.24) is 5.32 Å². The molecule has 0 saturated heterocycles. The Hall–Kier alpha value is -1.92. The van der Waals surface area contributed by atoms with E-state index in [1.54, 1.807) is 14.0 Å². The van der Waals surface area contributed by atoms with Gasteiger partial charge in [0.05, 0.1) is 19.8 Å². The molecule has 0 fully saturated rings. The standard InChI is InChI=1S/C18H27NO5/c1-15(18(21)19-10-11-23-13-12-22-2)8-9-17(20)24-14-16-6-4-3-5-7-16/h3-7,15H,8-14H2,1-2H3,(H,19,21)/t15-/m1/s1. The van der Waals surface area contributed by atoms with Crippen LogP contribution in [0.25, 0.3) is 0 Å². The van der Waals surface area contributed by atoms with Gasteiger partial charge in [0, 0.05) is 26.0 Å². The zero-order chi connectivity index (χ0) is 17.6.